The van der Waals surface area contributed by atoms with Crippen LogP contribution in [0.3, 0.4) is 0 Å². The van der Waals surface area contributed by atoms with Crippen LogP contribution in [-0.4, -0.2) is 42.9 Å². The number of nitrogens with zero attached hydrogens (tertiary/aromatic N) is 2. The van der Waals surface area contributed by atoms with E-state index in [-0.39, 0.29) is 5.76 Å². The normalized spacial score (nSPS) is 16.1. The Kier molecular flexibility index (Phi) is 7.08. The molecule has 7 nitrogen and oxygen atoms in total. The molecule has 150 valence electrons. The van der Waals surface area contributed by atoms with E-state index in [0.717, 1.165) is 32.1 Å². The molecule has 0 radical (unpaired) electrons. The third-order valence-corrected chi connectivity index (χ3v) is 4.87. The van der Waals surface area contributed by atoms with E-state index in [0.29, 0.717) is 18.3 Å². The second kappa shape index (κ2) is 9.94. The van der Waals surface area contributed by atoms with Crippen molar-refractivity contribution in [3.8, 4) is 0 Å². The summed E-state index contributed by atoms with van der Waals surface area (Å²) in [5.41, 5.74) is 6.54. The Morgan fingerprint density at radius 1 is 1.18 bits per heavy atom. The number of primary amides is 1. The monoisotopic (exact) mass is 383 g/mol. The molecule has 28 heavy (non-hydrogen) atoms. The molecule has 4 N–H and O–H groups in total. The van der Waals surface area contributed by atoms with Crippen LogP contribution in [0.5, 0.6) is 0 Å². The molecule has 0 spiro atoms. The Morgan fingerprint density at radius 2 is 1.93 bits per heavy atom. The number of amides is 1. The maximum atomic E-state index is 11.2. The molecule has 1 unspecified atom stereocenters. The molecule has 3 rings (SSSR count). The zero-order valence-electron chi connectivity index (χ0n) is 16.4. The fourth-order valence-corrected chi connectivity index (χ4v) is 3.47. The van der Waals surface area contributed by atoms with Crippen LogP contribution < -0.4 is 16.4 Å². The van der Waals surface area contributed by atoms with Gasteiger partial charge in [0.15, 0.2) is 11.7 Å². The van der Waals surface area contributed by atoms with Gasteiger partial charge in [-0.15, -0.1) is 0 Å². The van der Waals surface area contributed by atoms with Gasteiger partial charge in [-0.3, -0.25) is 9.69 Å². The summed E-state index contributed by atoms with van der Waals surface area (Å²) >= 11 is 0. The summed E-state index contributed by atoms with van der Waals surface area (Å²) in [5, 5.41) is 6.73. The van der Waals surface area contributed by atoms with Crippen LogP contribution in [0, 0.1) is 0 Å². The van der Waals surface area contributed by atoms with Crippen molar-refractivity contribution in [1.82, 2.24) is 15.5 Å². The van der Waals surface area contributed by atoms with Gasteiger partial charge in [-0.25, -0.2) is 4.99 Å². The molecule has 2 heterocycles. The van der Waals surface area contributed by atoms with E-state index in [1.807, 2.05) is 13.0 Å². The molecule has 0 bridgehead atoms. The Hall–Kier alpha value is -2.80. The SMILES string of the molecule is CCNC(=NCc1ccc(C(N)=O)o1)NCC(c1ccccc1)N1CCCC1. The molecule has 1 aliphatic rings. The van der Waals surface area contributed by atoms with Crippen molar-refractivity contribution in [2.75, 3.05) is 26.2 Å². The van der Waals surface area contributed by atoms with E-state index in [1.165, 1.54) is 18.4 Å². The van der Waals surface area contributed by atoms with Crippen LogP contribution in [0.4, 0.5) is 0 Å². The number of likely N-dealkylation sites (tertiary alicyclic amines) is 1. The average Bonchev–Trinajstić information content (AvgIpc) is 3.39. The summed E-state index contributed by atoms with van der Waals surface area (Å²) in [6, 6.07) is 14.2. The first-order valence-corrected chi connectivity index (χ1v) is 9.87. The van der Waals surface area contributed by atoms with Crippen LogP contribution in [0.15, 0.2) is 51.9 Å². The number of aliphatic imine (C=N–C) groups is 1. The van der Waals surface area contributed by atoms with E-state index in [9.17, 15) is 4.79 Å². The molecular weight excluding hydrogens is 354 g/mol. The zero-order valence-corrected chi connectivity index (χ0v) is 16.4. The number of carbonyl (C=O) groups excluding carboxylic acids is 1. The minimum Gasteiger partial charge on any atom is -0.454 e. The van der Waals surface area contributed by atoms with Crippen LogP contribution in [0.1, 0.15) is 47.7 Å². The van der Waals surface area contributed by atoms with E-state index in [4.69, 9.17) is 10.2 Å². The lowest BCUT2D eigenvalue weighted by molar-refractivity contribution is 0.0972. The van der Waals surface area contributed by atoms with Crippen LogP contribution in [0.2, 0.25) is 0 Å². The number of carbonyl (C=O) groups is 1. The van der Waals surface area contributed by atoms with Gasteiger partial charge in [-0.1, -0.05) is 30.3 Å². The quantitative estimate of drug-likeness (QED) is 0.480. The maximum absolute atomic E-state index is 11.2. The van der Waals surface area contributed by atoms with Gasteiger partial charge in [-0.2, -0.15) is 0 Å². The second-order valence-corrected chi connectivity index (χ2v) is 6.88. The molecule has 1 aromatic carbocycles. The summed E-state index contributed by atoms with van der Waals surface area (Å²) in [5.74, 6) is 0.905. The van der Waals surface area contributed by atoms with Crippen molar-refractivity contribution in [3.05, 3.63) is 59.5 Å². The fourth-order valence-electron chi connectivity index (χ4n) is 3.47. The number of guanidine groups is 1. The average molecular weight is 383 g/mol. The number of hydrogen-bond donors (Lipinski definition) is 3. The predicted octanol–water partition coefficient (Wildman–Crippen LogP) is 2.27. The summed E-state index contributed by atoms with van der Waals surface area (Å²) in [7, 11) is 0. The molecule has 7 heteroatoms. The van der Waals surface area contributed by atoms with Crippen LogP contribution in [0.25, 0.3) is 0 Å². The van der Waals surface area contributed by atoms with Gasteiger partial charge in [0.25, 0.3) is 5.91 Å². The minimum absolute atomic E-state index is 0.154. The molecule has 1 atom stereocenters. The molecule has 0 aliphatic carbocycles. The third kappa shape index (κ3) is 5.36. The third-order valence-electron chi connectivity index (χ3n) is 4.87. The first kappa shape index (κ1) is 19.9. The summed E-state index contributed by atoms with van der Waals surface area (Å²) < 4.78 is 5.40. The van der Waals surface area contributed by atoms with Gasteiger partial charge in [-0.05, 0) is 50.6 Å². The maximum Gasteiger partial charge on any atom is 0.284 e. The summed E-state index contributed by atoms with van der Waals surface area (Å²) in [4.78, 5) is 18.3. The van der Waals surface area contributed by atoms with Gasteiger partial charge in [0, 0.05) is 13.1 Å². The molecule has 1 amide bonds. The molecule has 1 fully saturated rings. The zero-order chi connectivity index (χ0) is 19.8. The number of rotatable bonds is 8. The lowest BCUT2D eigenvalue weighted by Crippen LogP contribution is -2.42. The highest BCUT2D eigenvalue weighted by atomic mass is 16.3. The largest absolute Gasteiger partial charge is 0.454 e. The number of furan rings is 1. The molecule has 0 saturated carbocycles. The molecule has 1 saturated heterocycles. The lowest BCUT2D eigenvalue weighted by atomic mass is 10.1. The molecular formula is C21H29N5O2. The molecule has 2 aromatic rings. The number of benzene rings is 1. The standard InChI is InChI=1S/C21H29N5O2/c1-2-23-21(24-14-17-10-11-19(28-17)20(22)27)25-15-18(26-12-6-7-13-26)16-8-4-3-5-9-16/h3-5,8-11,18H,2,6-7,12-15H2,1H3,(H2,22,27)(H2,23,24,25). The first-order chi connectivity index (χ1) is 13.7. The van der Waals surface area contributed by atoms with Crippen molar-refractivity contribution in [3.63, 3.8) is 0 Å². The Balaban J connectivity index is 1.66. The smallest absolute Gasteiger partial charge is 0.284 e. The van der Waals surface area contributed by atoms with Crippen molar-refractivity contribution in [2.45, 2.75) is 32.4 Å². The highest BCUT2D eigenvalue weighted by molar-refractivity contribution is 5.89. The van der Waals surface area contributed by atoms with Gasteiger partial charge in [0.2, 0.25) is 0 Å². The van der Waals surface area contributed by atoms with Crippen molar-refractivity contribution in [1.29, 1.82) is 0 Å². The first-order valence-electron chi connectivity index (χ1n) is 9.87. The highest BCUT2D eigenvalue weighted by Gasteiger charge is 2.23. The van der Waals surface area contributed by atoms with E-state index in [2.05, 4.69) is 44.8 Å². The van der Waals surface area contributed by atoms with Gasteiger partial charge in [0.1, 0.15) is 12.3 Å². The Morgan fingerprint density at radius 3 is 2.57 bits per heavy atom. The molecule has 1 aromatic heterocycles. The second-order valence-electron chi connectivity index (χ2n) is 6.88. The van der Waals surface area contributed by atoms with Gasteiger partial charge >= 0.3 is 0 Å². The van der Waals surface area contributed by atoms with E-state index < -0.39 is 5.91 Å². The number of nitrogens with two attached hydrogens (primary N) is 1. The lowest BCUT2D eigenvalue weighted by Gasteiger charge is -2.29. The Labute approximate surface area is 166 Å². The van der Waals surface area contributed by atoms with Crippen molar-refractivity contribution in [2.24, 2.45) is 10.7 Å². The summed E-state index contributed by atoms with van der Waals surface area (Å²) in [6.45, 7) is 6.14. The topological polar surface area (TPSA) is 95.9 Å². The van der Waals surface area contributed by atoms with Crippen molar-refractivity contribution >= 4 is 11.9 Å². The van der Waals surface area contributed by atoms with Crippen LogP contribution >= 0.6 is 0 Å². The van der Waals surface area contributed by atoms with Gasteiger partial charge < -0.3 is 20.8 Å². The minimum atomic E-state index is -0.573. The van der Waals surface area contributed by atoms with Gasteiger partial charge in [0.05, 0.1) is 6.04 Å². The fraction of sp³-hybridized carbons (Fsp3) is 0.429. The Bertz CT molecular complexity index is 781. The number of hydrogen-bond acceptors (Lipinski definition) is 4. The summed E-state index contributed by atoms with van der Waals surface area (Å²) in [6.07, 6.45) is 2.50. The number of nitrogens with one attached hydrogen (secondary N) is 2. The molecule has 1 aliphatic heterocycles. The van der Waals surface area contributed by atoms with Crippen molar-refractivity contribution < 1.29 is 9.21 Å². The van der Waals surface area contributed by atoms with Crippen LogP contribution in [-0.2, 0) is 6.54 Å². The van der Waals surface area contributed by atoms with E-state index >= 15 is 0 Å². The van der Waals surface area contributed by atoms with E-state index in [1.54, 1.807) is 12.1 Å². The highest BCUT2D eigenvalue weighted by Crippen LogP contribution is 2.24. The predicted molar refractivity (Wildman–Crippen MR) is 110 cm³/mol.